The summed E-state index contributed by atoms with van der Waals surface area (Å²) < 4.78 is 26.2. The molecule has 0 saturated carbocycles. The second kappa shape index (κ2) is 10.5. The van der Waals surface area contributed by atoms with Gasteiger partial charge in [0.05, 0.1) is 11.3 Å². The Morgan fingerprint density at radius 3 is 1.90 bits per heavy atom. The van der Waals surface area contributed by atoms with Crippen LogP contribution in [0.4, 0.5) is 0 Å². The van der Waals surface area contributed by atoms with Gasteiger partial charge in [-0.05, 0) is 50.7 Å². The molecule has 1 aromatic carbocycles. The first-order valence-electron chi connectivity index (χ1n) is 12.5. The van der Waals surface area contributed by atoms with Crippen LogP contribution in [0.25, 0.3) is 11.1 Å². The van der Waals surface area contributed by atoms with Crippen LogP contribution in [0.15, 0.2) is 51.5 Å². The lowest BCUT2D eigenvalue weighted by Crippen LogP contribution is -2.21. The van der Waals surface area contributed by atoms with Gasteiger partial charge in [-0.25, -0.2) is 14.4 Å². The average molecular weight is 537 g/mol. The van der Waals surface area contributed by atoms with Crippen molar-refractivity contribution >= 4 is 5.97 Å². The van der Waals surface area contributed by atoms with Crippen molar-refractivity contribution < 1.29 is 27.2 Å². The average Bonchev–Trinajstić information content (AvgIpc) is 3.35. The topological polar surface area (TPSA) is 152 Å². The molecule has 4 rings (SSSR count). The lowest BCUT2D eigenvalue weighted by atomic mass is 9.85. The number of nitrogens with two attached hydrogens (primary N) is 1. The van der Waals surface area contributed by atoms with Gasteiger partial charge in [-0.15, -0.1) is 0 Å². The summed E-state index contributed by atoms with van der Waals surface area (Å²) in [7, 11) is 0. The van der Waals surface area contributed by atoms with Crippen LogP contribution in [-0.2, 0) is 17.7 Å². The van der Waals surface area contributed by atoms with E-state index >= 15 is 0 Å². The maximum atomic E-state index is 14.0. The number of hydrogen-bond donors (Lipinski definition) is 1. The van der Waals surface area contributed by atoms with E-state index in [0.717, 1.165) is 22.4 Å². The van der Waals surface area contributed by atoms with Crippen LogP contribution in [0, 0.1) is 33.1 Å². The zero-order valence-electron chi connectivity index (χ0n) is 23.1. The van der Waals surface area contributed by atoms with Crippen LogP contribution in [0.3, 0.4) is 0 Å². The number of rotatable bonds is 7. The van der Waals surface area contributed by atoms with Crippen LogP contribution >= 0.6 is 0 Å². The van der Waals surface area contributed by atoms with E-state index in [0.29, 0.717) is 17.7 Å². The molecule has 0 unspecified atom stereocenters. The standard InChI is InChI=1S/C29H32N2O8/c1-14-8-10-18(11-9-14)22-19(13-30)20(12-29(5,6)7)31-15(2)21(22)26(32)37-25(23-16(3)35-27(33)38-23)24-17(4)36-28(34)39-24/h8-11,25H,12-13,30H2,1-7H3. The van der Waals surface area contributed by atoms with Crippen molar-refractivity contribution in [3.63, 3.8) is 0 Å². The fourth-order valence-corrected chi connectivity index (χ4v) is 4.54. The molecule has 0 aliphatic carbocycles. The van der Waals surface area contributed by atoms with Gasteiger partial charge in [0, 0.05) is 17.8 Å². The summed E-state index contributed by atoms with van der Waals surface area (Å²) in [5.41, 5.74) is 10.7. The van der Waals surface area contributed by atoms with Gasteiger partial charge in [-0.3, -0.25) is 4.98 Å². The van der Waals surface area contributed by atoms with E-state index in [-0.39, 0.29) is 40.6 Å². The van der Waals surface area contributed by atoms with Crippen molar-refractivity contribution in [3.05, 3.63) is 96.6 Å². The van der Waals surface area contributed by atoms with Crippen molar-refractivity contribution in [1.82, 2.24) is 4.98 Å². The second-order valence-corrected chi connectivity index (χ2v) is 10.7. The Hall–Kier alpha value is -4.18. The molecule has 0 atom stereocenters. The molecule has 4 aromatic rings. The Morgan fingerprint density at radius 2 is 1.46 bits per heavy atom. The molecule has 0 saturated heterocycles. The molecule has 10 nitrogen and oxygen atoms in total. The summed E-state index contributed by atoms with van der Waals surface area (Å²) in [6.45, 7) is 13.1. The van der Waals surface area contributed by atoms with E-state index < -0.39 is 23.7 Å². The Kier molecular flexibility index (Phi) is 7.52. The van der Waals surface area contributed by atoms with Gasteiger partial charge >= 0.3 is 17.6 Å². The minimum absolute atomic E-state index is 0.0535. The highest BCUT2D eigenvalue weighted by Gasteiger charge is 2.35. The minimum Gasteiger partial charge on any atom is -0.442 e. The van der Waals surface area contributed by atoms with Crippen LogP contribution < -0.4 is 17.4 Å². The predicted octanol–water partition coefficient (Wildman–Crippen LogP) is 5.07. The summed E-state index contributed by atoms with van der Waals surface area (Å²) in [6.07, 6.45) is -0.799. The normalized spacial score (nSPS) is 11.8. The number of carbonyl (C=O) groups is 1. The van der Waals surface area contributed by atoms with Gasteiger partial charge in [0.1, 0.15) is 0 Å². The van der Waals surface area contributed by atoms with Crippen molar-refractivity contribution in [2.75, 3.05) is 0 Å². The van der Waals surface area contributed by atoms with Gasteiger partial charge in [-0.2, -0.15) is 0 Å². The number of nitrogens with zero attached hydrogens (tertiary/aromatic N) is 1. The zero-order valence-corrected chi connectivity index (χ0v) is 23.1. The molecule has 0 fully saturated rings. The summed E-state index contributed by atoms with van der Waals surface area (Å²) in [5.74, 6) is -2.94. The van der Waals surface area contributed by atoms with Crippen molar-refractivity contribution in [3.8, 4) is 11.1 Å². The third kappa shape index (κ3) is 5.80. The maximum Gasteiger partial charge on any atom is 0.519 e. The summed E-state index contributed by atoms with van der Waals surface area (Å²) in [5, 5.41) is 0. The minimum atomic E-state index is -1.43. The molecule has 39 heavy (non-hydrogen) atoms. The molecule has 0 amide bonds. The second-order valence-electron chi connectivity index (χ2n) is 10.7. The molecule has 0 aliphatic heterocycles. The smallest absolute Gasteiger partial charge is 0.442 e. The molecule has 0 radical (unpaired) electrons. The fraction of sp³-hybridized carbons (Fsp3) is 0.379. The molecule has 0 spiro atoms. The van der Waals surface area contributed by atoms with E-state index in [1.807, 2.05) is 31.2 Å². The fourth-order valence-electron chi connectivity index (χ4n) is 4.54. The van der Waals surface area contributed by atoms with Crippen LogP contribution in [0.2, 0.25) is 0 Å². The molecule has 0 aliphatic rings. The first kappa shape index (κ1) is 27.8. The molecule has 0 bridgehead atoms. The van der Waals surface area contributed by atoms with Gasteiger partial charge in [0.2, 0.25) is 6.10 Å². The van der Waals surface area contributed by atoms with E-state index in [4.69, 9.17) is 33.1 Å². The first-order chi connectivity index (χ1) is 18.3. The SMILES string of the molecule is Cc1ccc(-c2c(CN)c(CC(C)(C)C)nc(C)c2C(=O)OC(c2oc(=O)oc2C)c2oc(=O)oc2C)cc1. The summed E-state index contributed by atoms with van der Waals surface area (Å²) >= 11 is 0. The van der Waals surface area contributed by atoms with Crippen molar-refractivity contribution in [2.45, 2.75) is 67.5 Å². The Bertz CT molecular complexity index is 1570. The lowest BCUT2D eigenvalue weighted by Gasteiger charge is -2.24. The Morgan fingerprint density at radius 1 is 0.923 bits per heavy atom. The van der Waals surface area contributed by atoms with Gasteiger partial charge < -0.3 is 28.1 Å². The van der Waals surface area contributed by atoms with Crippen molar-refractivity contribution in [2.24, 2.45) is 11.1 Å². The van der Waals surface area contributed by atoms with Gasteiger partial charge in [0.25, 0.3) is 0 Å². The van der Waals surface area contributed by atoms with E-state index in [9.17, 15) is 14.4 Å². The third-order valence-corrected chi connectivity index (χ3v) is 6.27. The number of ether oxygens (including phenoxy) is 1. The number of hydrogen-bond acceptors (Lipinski definition) is 10. The lowest BCUT2D eigenvalue weighted by molar-refractivity contribution is 0.0283. The maximum absolute atomic E-state index is 14.0. The Balaban J connectivity index is 1.93. The molecule has 206 valence electrons. The van der Waals surface area contributed by atoms with E-state index in [1.165, 1.54) is 13.8 Å². The zero-order chi connectivity index (χ0) is 28.6. The van der Waals surface area contributed by atoms with E-state index in [1.54, 1.807) is 6.92 Å². The third-order valence-electron chi connectivity index (χ3n) is 6.27. The van der Waals surface area contributed by atoms with Gasteiger partial charge in [0.15, 0.2) is 23.0 Å². The quantitative estimate of drug-likeness (QED) is 0.317. The van der Waals surface area contributed by atoms with Crippen LogP contribution in [0.5, 0.6) is 0 Å². The Labute approximate surface area is 224 Å². The summed E-state index contributed by atoms with van der Waals surface area (Å²) in [4.78, 5) is 42.4. The van der Waals surface area contributed by atoms with E-state index in [2.05, 4.69) is 20.8 Å². The summed E-state index contributed by atoms with van der Waals surface area (Å²) in [6, 6.07) is 7.72. The molecule has 3 heterocycles. The number of aromatic nitrogens is 1. The monoisotopic (exact) mass is 536 g/mol. The number of pyridine rings is 1. The molecule has 10 heteroatoms. The molecular formula is C29H32N2O8. The van der Waals surface area contributed by atoms with Crippen LogP contribution in [-0.4, -0.2) is 11.0 Å². The number of carbonyl (C=O) groups excluding carboxylic acids is 1. The number of esters is 1. The number of aryl methyl sites for hydroxylation is 4. The first-order valence-corrected chi connectivity index (χ1v) is 12.5. The number of benzene rings is 1. The molecule has 2 N–H and O–H groups in total. The molecule has 3 aromatic heterocycles. The predicted molar refractivity (Wildman–Crippen MR) is 141 cm³/mol. The highest BCUT2D eigenvalue weighted by atomic mass is 16.6. The largest absolute Gasteiger partial charge is 0.519 e. The van der Waals surface area contributed by atoms with Crippen LogP contribution in [0.1, 0.15) is 82.8 Å². The van der Waals surface area contributed by atoms with Crippen molar-refractivity contribution in [1.29, 1.82) is 0 Å². The van der Waals surface area contributed by atoms with Gasteiger partial charge in [-0.1, -0.05) is 50.6 Å². The molecular weight excluding hydrogens is 504 g/mol. The highest BCUT2D eigenvalue weighted by molar-refractivity contribution is 5.99. The highest BCUT2D eigenvalue weighted by Crippen LogP contribution is 2.37.